The van der Waals surface area contributed by atoms with Crippen molar-refractivity contribution in [3.63, 3.8) is 0 Å². The molecule has 1 saturated heterocycles. The van der Waals surface area contributed by atoms with Gasteiger partial charge in [-0.15, -0.1) is 12.4 Å². The van der Waals surface area contributed by atoms with Gasteiger partial charge in [0.05, 0.1) is 0 Å². The Morgan fingerprint density at radius 2 is 1.88 bits per heavy atom. The summed E-state index contributed by atoms with van der Waals surface area (Å²) in [5.74, 6) is 2.02. The minimum absolute atomic E-state index is 0. The highest BCUT2D eigenvalue weighted by atomic mass is 35.5. The molecule has 0 unspecified atom stereocenters. The number of halogens is 1. The van der Waals surface area contributed by atoms with Crippen LogP contribution in [0.3, 0.4) is 0 Å². The Bertz CT molecular complexity index is 872. The molecule has 3 aromatic rings. The topological polar surface area (TPSA) is 81.1 Å². The molecule has 6 nitrogen and oxygen atoms in total. The Morgan fingerprint density at radius 3 is 2.62 bits per heavy atom. The van der Waals surface area contributed by atoms with Gasteiger partial charge in [-0.25, -0.2) is 4.98 Å². The fraction of sp³-hybridized carbons (Fsp3) is 0.316. The van der Waals surface area contributed by atoms with Crippen LogP contribution in [0.4, 0.5) is 11.5 Å². The highest BCUT2D eigenvalue weighted by molar-refractivity contribution is 5.85. The third kappa shape index (κ3) is 3.65. The van der Waals surface area contributed by atoms with Crippen LogP contribution in [0.1, 0.15) is 24.8 Å². The molecule has 0 saturated carbocycles. The molecule has 3 heterocycles. The Kier molecular flexibility index (Phi) is 5.42. The zero-order valence-corrected chi connectivity index (χ0v) is 15.5. The number of anilines is 2. The van der Waals surface area contributed by atoms with Gasteiger partial charge in [0.2, 0.25) is 5.82 Å². The number of pyridine rings is 1. The minimum atomic E-state index is 0. The summed E-state index contributed by atoms with van der Waals surface area (Å²) in [5, 5.41) is 4.10. The molecule has 0 aliphatic carbocycles. The van der Waals surface area contributed by atoms with E-state index in [1.54, 1.807) is 0 Å². The normalized spacial score (nSPS) is 14.1. The van der Waals surface area contributed by atoms with E-state index in [4.69, 9.17) is 10.3 Å². The van der Waals surface area contributed by atoms with Crippen LogP contribution in [0.5, 0.6) is 0 Å². The number of aromatic nitrogens is 3. The van der Waals surface area contributed by atoms with Crippen molar-refractivity contribution in [3.05, 3.63) is 42.1 Å². The van der Waals surface area contributed by atoms with E-state index in [2.05, 4.69) is 20.0 Å². The van der Waals surface area contributed by atoms with Crippen molar-refractivity contribution in [2.75, 3.05) is 23.7 Å². The number of hydrogen-bond acceptors (Lipinski definition) is 6. The lowest BCUT2D eigenvalue weighted by Gasteiger charge is -2.27. The Hall–Kier alpha value is -2.60. The monoisotopic (exact) mass is 371 g/mol. The summed E-state index contributed by atoms with van der Waals surface area (Å²) in [6.07, 6.45) is 5.59. The van der Waals surface area contributed by atoms with Gasteiger partial charge in [0.25, 0.3) is 5.89 Å². The van der Waals surface area contributed by atoms with Crippen LogP contribution in [-0.4, -0.2) is 28.2 Å². The van der Waals surface area contributed by atoms with Gasteiger partial charge in [-0.1, -0.05) is 11.2 Å². The lowest BCUT2D eigenvalue weighted by molar-refractivity contribution is 0.432. The van der Waals surface area contributed by atoms with Crippen LogP contribution >= 0.6 is 12.4 Å². The predicted octanol–water partition coefficient (Wildman–Crippen LogP) is 4.10. The van der Waals surface area contributed by atoms with Gasteiger partial charge >= 0.3 is 0 Å². The summed E-state index contributed by atoms with van der Waals surface area (Å²) in [6, 6.07) is 9.69. The number of nitrogen functional groups attached to an aromatic ring is 1. The molecule has 136 valence electrons. The SMILES string of the molecule is Cc1ccc(N)cc1-c1nc(-c2ccc(N3CCCCC3)nc2)no1.Cl. The summed E-state index contributed by atoms with van der Waals surface area (Å²) < 4.78 is 5.43. The van der Waals surface area contributed by atoms with E-state index in [0.29, 0.717) is 17.4 Å². The van der Waals surface area contributed by atoms with Crippen LogP contribution in [-0.2, 0) is 0 Å². The van der Waals surface area contributed by atoms with E-state index in [9.17, 15) is 0 Å². The molecule has 26 heavy (non-hydrogen) atoms. The van der Waals surface area contributed by atoms with Crippen LogP contribution in [0, 0.1) is 6.92 Å². The molecular formula is C19H22ClN5O. The molecule has 0 bridgehead atoms. The van der Waals surface area contributed by atoms with Crippen LogP contribution in [0.25, 0.3) is 22.8 Å². The number of aryl methyl sites for hydroxylation is 1. The van der Waals surface area contributed by atoms with Crippen molar-refractivity contribution in [2.45, 2.75) is 26.2 Å². The lowest BCUT2D eigenvalue weighted by Crippen LogP contribution is -2.29. The average Bonchev–Trinajstić information content (AvgIpc) is 3.14. The van der Waals surface area contributed by atoms with Crippen LogP contribution < -0.4 is 10.6 Å². The van der Waals surface area contributed by atoms with E-state index in [1.807, 2.05) is 43.5 Å². The minimum Gasteiger partial charge on any atom is -0.399 e. The summed E-state index contributed by atoms with van der Waals surface area (Å²) in [4.78, 5) is 11.4. The Balaban J connectivity index is 0.00000196. The number of piperidine rings is 1. The maximum absolute atomic E-state index is 5.87. The molecule has 0 atom stereocenters. The Labute approximate surface area is 158 Å². The fourth-order valence-corrected chi connectivity index (χ4v) is 3.15. The van der Waals surface area contributed by atoms with E-state index in [1.165, 1.54) is 19.3 Å². The highest BCUT2D eigenvalue weighted by Crippen LogP contribution is 2.27. The van der Waals surface area contributed by atoms with Crippen molar-refractivity contribution in [1.82, 2.24) is 15.1 Å². The van der Waals surface area contributed by atoms with Gasteiger partial charge in [-0.2, -0.15) is 4.98 Å². The van der Waals surface area contributed by atoms with Crippen molar-refractivity contribution in [3.8, 4) is 22.8 Å². The molecule has 1 fully saturated rings. The second-order valence-electron chi connectivity index (χ2n) is 6.45. The van der Waals surface area contributed by atoms with Gasteiger partial charge in [0.1, 0.15) is 5.82 Å². The van der Waals surface area contributed by atoms with Gasteiger partial charge < -0.3 is 15.2 Å². The van der Waals surface area contributed by atoms with Crippen molar-refractivity contribution < 1.29 is 4.52 Å². The zero-order chi connectivity index (χ0) is 17.2. The standard InChI is InChI=1S/C19H21N5O.ClH/c1-13-5-7-15(20)11-16(13)19-22-18(23-25-19)14-6-8-17(21-12-14)24-9-3-2-4-10-24;/h5-8,11-12H,2-4,9-10,20H2,1H3;1H. The maximum Gasteiger partial charge on any atom is 0.258 e. The third-order valence-corrected chi connectivity index (χ3v) is 4.60. The maximum atomic E-state index is 5.87. The molecule has 7 heteroatoms. The predicted molar refractivity (Wildman–Crippen MR) is 105 cm³/mol. The lowest BCUT2D eigenvalue weighted by atomic mass is 10.1. The van der Waals surface area contributed by atoms with Gasteiger partial charge in [0.15, 0.2) is 0 Å². The fourth-order valence-electron chi connectivity index (χ4n) is 3.15. The van der Waals surface area contributed by atoms with Gasteiger partial charge in [0, 0.05) is 36.1 Å². The van der Waals surface area contributed by atoms with E-state index in [-0.39, 0.29) is 12.4 Å². The molecule has 1 aromatic carbocycles. The van der Waals surface area contributed by atoms with Crippen molar-refractivity contribution in [1.29, 1.82) is 0 Å². The summed E-state index contributed by atoms with van der Waals surface area (Å²) in [6.45, 7) is 4.15. The second-order valence-corrected chi connectivity index (χ2v) is 6.45. The summed E-state index contributed by atoms with van der Waals surface area (Å²) >= 11 is 0. The number of benzene rings is 1. The van der Waals surface area contributed by atoms with Crippen LogP contribution in [0.2, 0.25) is 0 Å². The summed E-state index contributed by atoms with van der Waals surface area (Å²) in [7, 11) is 0. The number of hydrogen-bond donors (Lipinski definition) is 1. The van der Waals surface area contributed by atoms with E-state index >= 15 is 0 Å². The molecule has 0 amide bonds. The van der Waals surface area contributed by atoms with Crippen molar-refractivity contribution >= 4 is 23.9 Å². The molecule has 2 aromatic heterocycles. The first-order valence-corrected chi connectivity index (χ1v) is 8.62. The first-order valence-electron chi connectivity index (χ1n) is 8.62. The first kappa shape index (κ1) is 18.2. The van der Waals surface area contributed by atoms with E-state index in [0.717, 1.165) is 35.6 Å². The first-order chi connectivity index (χ1) is 12.2. The molecule has 0 radical (unpaired) electrons. The van der Waals surface area contributed by atoms with Gasteiger partial charge in [-0.3, -0.25) is 0 Å². The van der Waals surface area contributed by atoms with Crippen LogP contribution in [0.15, 0.2) is 41.1 Å². The van der Waals surface area contributed by atoms with E-state index < -0.39 is 0 Å². The van der Waals surface area contributed by atoms with Crippen molar-refractivity contribution in [2.24, 2.45) is 0 Å². The molecule has 4 rings (SSSR count). The highest BCUT2D eigenvalue weighted by Gasteiger charge is 2.15. The number of rotatable bonds is 3. The largest absolute Gasteiger partial charge is 0.399 e. The number of nitrogens with two attached hydrogens (primary N) is 1. The zero-order valence-electron chi connectivity index (χ0n) is 14.7. The number of nitrogens with zero attached hydrogens (tertiary/aromatic N) is 4. The molecule has 1 aliphatic heterocycles. The smallest absolute Gasteiger partial charge is 0.258 e. The molecule has 1 aliphatic rings. The molecule has 0 spiro atoms. The third-order valence-electron chi connectivity index (χ3n) is 4.60. The molecular weight excluding hydrogens is 350 g/mol. The second kappa shape index (κ2) is 7.74. The van der Waals surface area contributed by atoms with Gasteiger partial charge in [-0.05, 0) is 56.0 Å². The Morgan fingerprint density at radius 1 is 1.08 bits per heavy atom. The average molecular weight is 372 g/mol. The summed E-state index contributed by atoms with van der Waals surface area (Å²) in [5.41, 5.74) is 9.29. The molecule has 2 N–H and O–H groups in total. The quantitative estimate of drug-likeness (QED) is 0.698.